The molecule has 11 heteroatoms. The number of carbonyl (C=O) groups is 1. The van der Waals surface area contributed by atoms with Crippen molar-refractivity contribution in [2.45, 2.75) is 31.3 Å². The topological polar surface area (TPSA) is 112 Å². The summed E-state index contributed by atoms with van der Waals surface area (Å²) in [5, 5.41) is 21.0. The van der Waals surface area contributed by atoms with Crippen molar-refractivity contribution in [3.63, 3.8) is 0 Å². The molecule has 2 fully saturated rings. The van der Waals surface area contributed by atoms with Crippen molar-refractivity contribution in [1.82, 2.24) is 25.1 Å². The molecule has 2 aromatic heterocycles. The number of amides is 1. The van der Waals surface area contributed by atoms with Gasteiger partial charge < -0.3 is 15.5 Å². The Hall–Kier alpha value is -3.97. The quantitative estimate of drug-likeness (QED) is 0.359. The minimum Gasteiger partial charge on any atom is -0.324 e. The first kappa shape index (κ1) is 24.4. The van der Waals surface area contributed by atoms with Gasteiger partial charge in [-0.25, -0.2) is 14.6 Å². The van der Waals surface area contributed by atoms with Gasteiger partial charge in [-0.1, -0.05) is 23.2 Å². The van der Waals surface area contributed by atoms with E-state index in [0.717, 1.165) is 24.2 Å². The summed E-state index contributed by atoms with van der Waals surface area (Å²) >= 11 is 12.8. The summed E-state index contributed by atoms with van der Waals surface area (Å²) in [7, 11) is 0. The van der Waals surface area contributed by atoms with E-state index < -0.39 is 0 Å². The van der Waals surface area contributed by atoms with E-state index >= 15 is 0 Å². The van der Waals surface area contributed by atoms with E-state index in [2.05, 4.69) is 31.8 Å². The Kier molecular flexibility index (Phi) is 6.45. The molecule has 2 atom stereocenters. The van der Waals surface area contributed by atoms with Gasteiger partial charge in [0.15, 0.2) is 0 Å². The summed E-state index contributed by atoms with van der Waals surface area (Å²) in [5.74, 6) is 0.521. The number of nitrogens with one attached hydrogen (secondary N) is 2. The molecule has 2 aliphatic heterocycles. The van der Waals surface area contributed by atoms with Gasteiger partial charge in [0.2, 0.25) is 11.9 Å². The number of carbonyl (C=O) groups excluding carboxylic acids is 1. The third kappa shape index (κ3) is 4.82. The van der Waals surface area contributed by atoms with Crippen LogP contribution in [-0.4, -0.2) is 44.3 Å². The van der Waals surface area contributed by atoms with Crippen LogP contribution in [0.25, 0.3) is 16.9 Å². The second-order valence-electron chi connectivity index (χ2n) is 9.36. The van der Waals surface area contributed by atoms with Crippen molar-refractivity contribution in [3.05, 3.63) is 76.7 Å². The summed E-state index contributed by atoms with van der Waals surface area (Å²) in [5.41, 5.74) is 3.95. The fourth-order valence-corrected chi connectivity index (χ4v) is 5.39. The maximum atomic E-state index is 12.7. The molecule has 2 aliphatic rings. The van der Waals surface area contributed by atoms with Crippen molar-refractivity contribution in [1.29, 1.82) is 5.26 Å². The van der Waals surface area contributed by atoms with Crippen LogP contribution in [0.4, 0.5) is 17.3 Å². The first-order valence-electron chi connectivity index (χ1n) is 12.2. The number of rotatable bonds is 5. The van der Waals surface area contributed by atoms with Crippen LogP contribution in [0.2, 0.25) is 10.0 Å². The molecular weight excluding hydrogens is 523 g/mol. The highest BCUT2D eigenvalue weighted by Gasteiger charge is 2.33. The lowest BCUT2D eigenvalue weighted by atomic mass is 10.1. The molecule has 4 aromatic rings. The SMILES string of the molecule is N#Cc1ccc(-n2cc(-c3nc(Nc4ccc(N5CC6CCC(CC5=O)N6)cc4)ncc3Cl)cn2)c(Cl)c1. The summed E-state index contributed by atoms with van der Waals surface area (Å²) in [6, 6.07) is 15.4. The van der Waals surface area contributed by atoms with E-state index in [-0.39, 0.29) is 5.91 Å². The number of nitriles is 1. The number of benzene rings is 2. The molecule has 2 bridgehead atoms. The predicted octanol–water partition coefficient (Wildman–Crippen LogP) is 5.11. The summed E-state index contributed by atoms with van der Waals surface area (Å²) in [6.45, 7) is 0.688. The van der Waals surface area contributed by atoms with Gasteiger partial charge in [0.05, 0.1) is 45.5 Å². The molecule has 2 N–H and O–H groups in total. The Morgan fingerprint density at radius 3 is 2.66 bits per heavy atom. The zero-order chi connectivity index (χ0) is 26.2. The third-order valence-electron chi connectivity index (χ3n) is 6.82. The van der Waals surface area contributed by atoms with Gasteiger partial charge in [-0.2, -0.15) is 10.4 Å². The highest BCUT2D eigenvalue weighted by molar-refractivity contribution is 6.33. The van der Waals surface area contributed by atoms with Gasteiger partial charge in [0, 0.05) is 48.2 Å². The zero-order valence-electron chi connectivity index (χ0n) is 20.1. The highest BCUT2D eigenvalue weighted by Crippen LogP contribution is 2.30. The molecule has 6 rings (SSSR count). The van der Waals surface area contributed by atoms with Gasteiger partial charge in [-0.05, 0) is 55.3 Å². The summed E-state index contributed by atoms with van der Waals surface area (Å²) < 4.78 is 1.61. The zero-order valence-corrected chi connectivity index (χ0v) is 21.6. The average molecular weight is 545 g/mol. The number of hydrogen-bond donors (Lipinski definition) is 2. The monoisotopic (exact) mass is 544 g/mol. The van der Waals surface area contributed by atoms with Gasteiger partial charge in [0.25, 0.3) is 0 Å². The van der Waals surface area contributed by atoms with Crippen molar-refractivity contribution < 1.29 is 4.79 Å². The number of hydrogen-bond acceptors (Lipinski definition) is 7. The molecule has 9 nitrogen and oxygen atoms in total. The second kappa shape index (κ2) is 10.1. The third-order valence-corrected chi connectivity index (χ3v) is 7.40. The van der Waals surface area contributed by atoms with Crippen LogP contribution in [0.15, 0.2) is 61.1 Å². The molecular formula is C27H22Cl2N8O. The van der Waals surface area contributed by atoms with Crippen LogP contribution < -0.4 is 15.5 Å². The maximum absolute atomic E-state index is 12.7. The van der Waals surface area contributed by atoms with Gasteiger partial charge in [-0.3, -0.25) is 4.79 Å². The Morgan fingerprint density at radius 1 is 1.05 bits per heavy atom. The van der Waals surface area contributed by atoms with E-state index in [1.165, 1.54) is 6.20 Å². The Morgan fingerprint density at radius 2 is 1.87 bits per heavy atom. The first-order valence-corrected chi connectivity index (χ1v) is 12.9. The molecule has 0 aliphatic carbocycles. The Bertz CT molecular complexity index is 1560. The van der Waals surface area contributed by atoms with Crippen LogP contribution in [0.3, 0.4) is 0 Å². The van der Waals surface area contributed by atoms with Crippen LogP contribution in [0, 0.1) is 11.3 Å². The average Bonchev–Trinajstić information content (AvgIpc) is 3.54. The van der Waals surface area contributed by atoms with Crippen molar-refractivity contribution in [2.75, 3.05) is 16.8 Å². The van der Waals surface area contributed by atoms with Gasteiger partial charge in [-0.15, -0.1) is 0 Å². The van der Waals surface area contributed by atoms with Gasteiger partial charge in [0.1, 0.15) is 0 Å². The largest absolute Gasteiger partial charge is 0.324 e. The normalized spacial score (nSPS) is 18.8. The van der Waals surface area contributed by atoms with E-state index in [9.17, 15) is 4.79 Å². The molecule has 2 saturated heterocycles. The van der Waals surface area contributed by atoms with Crippen LogP contribution >= 0.6 is 23.2 Å². The van der Waals surface area contributed by atoms with Crippen LogP contribution in [-0.2, 0) is 4.79 Å². The molecule has 0 saturated carbocycles. The molecule has 1 amide bonds. The van der Waals surface area contributed by atoms with Crippen molar-refractivity contribution >= 4 is 46.4 Å². The fraction of sp³-hybridized carbons (Fsp3) is 0.222. The highest BCUT2D eigenvalue weighted by atomic mass is 35.5. The van der Waals surface area contributed by atoms with Crippen LogP contribution in [0.5, 0.6) is 0 Å². The predicted molar refractivity (Wildman–Crippen MR) is 146 cm³/mol. The van der Waals surface area contributed by atoms with Crippen molar-refractivity contribution in [3.8, 4) is 23.0 Å². The number of anilines is 3. The van der Waals surface area contributed by atoms with E-state index in [0.29, 0.717) is 63.6 Å². The smallest absolute Gasteiger partial charge is 0.228 e. The maximum Gasteiger partial charge on any atom is 0.228 e. The number of aromatic nitrogens is 4. The fourth-order valence-electron chi connectivity index (χ4n) is 4.92. The molecule has 0 radical (unpaired) electrons. The minimum atomic E-state index is 0.152. The van der Waals surface area contributed by atoms with Crippen LogP contribution in [0.1, 0.15) is 24.8 Å². The molecule has 4 heterocycles. The number of nitrogens with zero attached hydrogens (tertiary/aromatic N) is 6. The van der Waals surface area contributed by atoms with Crippen molar-refractivity contribution in [2.24, 2.45) is 0 Å². The molecule has 38 heavy (non-hydrogen) atoms. The van der Waals surface area contributed by atoms with E-state index in [1.807, 2.05) is 29.2 Å². The first-order chi connectivity index (χ1) is 18.5. The number of fused-ring (bicyclic) bond motifs is 2. The lowest BCUT2D eigenvalue weighted by molar-refractivity contribution is -0.118. The standard InChI is InChI=1S/C27H22Cl2N8O/c28-22-9-16(11-30)1-8-24(22)37-14-17(12-32-37)26-23(29)13-31-27(35-26)34-18-4-6-21(7-5-18)36-15-20-3-2-19(33-20)10-25(36)38/h1,4-9,12-14,19-20,33H,2-3,10,15H2,(H,31,34,35). The lowest BCUT2D eigenvalue weighted by Crippen LogP contribution is -2.37. The second-order valence-corrected chi connectivity index (χ2v) is 10.2. The summed E-state index contributed by atoms with van der Waals surface area (Å²) in [6.07, 6.45) is 7.64. The number of halogens is 2. The van der Waals surface area contributed by atoms with E-state index in [4.69, 9.17) is 28.5 Å². The Labute approximate surface area is 229 Å². The molecule has 2 unspecified atom stereocenters. The molecule has 190 valence electrons. The minimum absolute atomic E-state index is 0.152. The van der Waals surface area contributed by atoms with Gasteiger partial charge >= 0.3 is 0 Å². The Balaban J connectivity index is 1.20. The molecule has 2 aromatic carbocycles. The molecule has 0 spiro atoms. The summed E-state index contributed by atoms with van der Waals surface area (Å²) in [4.78, 5) is 23.5. The van der Waals surface area contributed by atoms with E-state index in [1.54, 1.807) is 35.3 Å². The lowest BCUT2D eigenvalue weighted by Gasteiger charge is -2.24.